The zero-order valence-corrected chi connectivity index (χ0v) is 13.7. The van der Waals surface area contributed by atoms with Crippen molar-refractivity contribution in [1.82, 2.24) is 10.2 Å². The van der Waals surface area contributed by atoms with Gasteiger partial charge in [-0.1, -0.05) is 12.1 Å². The fourth-order valence-corrected chi connectivity index (χ4v) is 2.56. The van der Waals surface area contributed by atoms with E-state index in [1.54, 1.807) is 29.2 Å². The lowest BCUT2D eigenvalue weighted by atomic mass is 10.1. The van der Waals surface area contributed by atoms with E-state index in [1.165, 1.54) is 13.3 Å². The molecule has 24 heavy (non-hydrogen) atoms. The van der Waals surface area contributed by atoms with Gasteiger partial charge in [0.1, 0.15) is 11.6 Å². The van der Waals surface area contributed by atoms with Crippen LogP contribution in [-0.4, -0.2) is 37.0 Å². The van der Waals surface area contributed by atoms with E-state index in [0.717, 1.165) is 24.8 Å². The lowest BCUT2D eigenvalue weighted by Gasteiger charge is -2.26. The minimum absolute atomic E-state index is 0.114. The summed E-state index contributed by atoms with van der Waals surface area (Å²) in [6.07, 6.45) is 4.58. The first kappa shape index (κ1) is 17.5. The molecule has 1 saturated heterocycles. The Morgan fingerprint density at radius 1 is 1.25 bits per heavy atom. The Labute approximate surface area is 141 Å². The molecule has 1 aliphatic rings. The zero-order chi connectivity index (χ0) is 17.4. The van der Waals surface area contributed by atoms with Crippen LogP contribution >= 0.6 is 0 Å². The van der Waals surface area contributed by atoms with Crippen LogP contribution in [0.5, 0.6) is 0 Å². The van der Waals surface area contributed by atoms with Gasteiger partial charge in [0.2, 0.25) is 0 Å². The third-order valence-electron chi connectivity index (χ3n) is 3.92. The highest BCUT2D eigenvalue weighted by atomic mass is 16.5. The van der Waals surface area contributed by atoms with Crippen molar-refractivity contribution in [2.24, 2.45) is 0 Å². The number of benzene rings is 1. The summed E-state index contributed by atoms with van der Waals surface area (Å²) in [5.74, 6) is -0.598. The molecule has 1 N–H and O–H groups in total. The van der Waals surface area contributed by atoms with Crippen molar-refractivity contribution in [3.63, 3.8) is 0 Å². The van der Waals surface area contributed by atoms with Crippen molar-refractivity contribution in [1.29, 1.82) is 5.26 Å². The van der Waals surface area contributed by atoms with Crippen molar-refractivity contribution < 1.29 is 14.3 Å². The summed E-state index contributed by atoms with van der Waals surface area (Å²) in [7, 11) is 1.34. The van der Waals surface area contributed by atoms with E-state index in [4.69, 9.17) is 0 Å². The number of piperidine rings is 1. The first-order valence-electron chi connectivity index (χ1n) is 7.96. The van der Waals surface area contributed by atoms with Crippen LogP contribution in [-0.2, 0) is 16.1 Å². The van der Waals surface area contributed by atoms with Crippen LogP contribution in [0.2, 0.25) is 0 Å². The van der Waals surface area contributed by atoms with Gasteiger partial charge in [-0.2, -0.15) is 5.26 Å². The van der Waals surface area contributed by atoms with Crippen LogP contribution in [0.25, 0.3) is 0 Å². The highest BCUT2D eigenvalue weighted by molar-refractivity contribution is 5.97. The molecular weight excluding hydrogens is 306 g/mol. The molecular formula is C18H21N3O3. The molecule has 126 valence electrons. The molecule has 0 aromatic heterocycles. The Balaban J connectivity index is 1.92. The Bertz CT molecular complexity index is 653. The molecule has 1 aliphatic heterocycles. The number of esters is 1. The predicted molar refractivity (Wildman–Crippen MR) is 88.7 cm³/mol. The van der Waals surface area contributed by atoms with E-state index in [2.05, 4.69) is 10.1 Å². The molecule has 0 unspecified atom stereocenters. The third-order valence-corrected chi connectivity index (χ3v) is 3.92. The number of methoxy groups -OCH3 is 1. The zero-order valence-electron chi connectivity index (χ0n) is 13.7. The number of hydrogen-bond acceptors (Lipinski definition) is 5. The van der Waals surface area contributed by atoms with Gasteiger partial charge in [-0.3, -0.25) is 4.79 Å². The summed E-state index contributed by atoms with van der Waals surface area (Å²) in [4.78, 5) is 25.4. The maximum atomic E-state index is 12.3. The largest absolute Gasteiger partial charge is 0.465 e. The maximum absolute atomic E-state index is 12.3. The summed E-state index contributed by atoms with van der Waals surface area (Å²) in [6, 6.07) is 8.91. The number of nitrogens with zero attached hydrogens (tertiary/aromatic N) is 2. The summed E-state index contributed by atoms with van der Waals surface area (Å²) in [6.45, 7) is 1.89. The van der Waals surface area contributed by atoms with Crippen molar-refractivity contribution >= 4 is 11.9 Å². The second-order valence-corrected chi connectivity index (χ2v) is 5.59. The lowest BCUT2D eigenvalue weighted by Crippen LogP contribution is -2.36. The number of hydrogen-bond donors (Lipinski definition) is 1. The first-order valence-corrected chi connectivity index (χ1v) is 7.96. The van der Waals surface area contributed by atoms with Gasteiger partial charge in [-0.15, -0.1) is 0 Å². The first-order chi connectivity index (χ1) is 11.7. The highest BCUT2D eigenvalue weighted by Crippen LogP contribution is 2.12. The number of nitriles is 1. The molecule has 6 heteroatoms. The number of ether oxygens (including phenoxy) is 1. The minimum Gasteiger partial charge on any atom is -0.465 e. The molecule has 0 spiro atoms. The standard InChI is InChI=1S/C18H21N3O3/c1-24-18(23)15-7-5-14(6-8-15)12-20-13-16(11-19)17(22)21-9-3-2-4-10-21/h5-8,13,20H,2-4,9-10,12H2,1H3/b16-13-. The molecule has 1 aromatic rings. The molecule has 1 amide bonds. The highest BCUT2D eigenvalue weighted by Gasteiger charge is 2.19. The second kappa shape index (κ2) is 8.73. The van der Waals surface area contributed by atoms with Crippen molar-refractivity contribution in [3.05, 3.63) is 47.2 Å². The lowest BCUT2D eigenvalue weighted by molar-refractivity contribution is -0.127. The Hall–Kier alpha value is -2.81. The average molecular weight is 327 g/mol. The van der Waals surface area contributed by atoms with E-state index in [1.807, 2.05) is 6.07 Å². The molecule has 1 heterocycles. The normalized spacial score (nSPS) is 14.7. The number of carbonyl (C=O) groups excluding carboxylic acids is 2. The molecule has 1 fully saturated rings. The molecule has 0 radical (unpaired) electrons. The van der Waals surface area contributed by atoms with Crippen LogP contribution in [0.3, 0.4) is 0 Å². The SMILES string of the molecule is COC(=O)c1ccc(CN/C=C(/C#N)C(=O)N2CCCCC2)cc1. The van der Waals surface area contributed by atoms with Crippen molar-refractivity contribution in [2.45, 2.75) is 25.8 Å². The van der Waals surface area contributed by atoms with Crippen molar-refractivity contribution in [3.8, 4) is 6.07 Å². The smallest absolute Gasteiger partial charge is 0.337 e. The Morgan fingerprint density at radius 2 is 1.92 bits per heavy atom. The fourth-order valence-electron chi connectivity index (χ4n) is 2.56. The quantitative estimate of drug-likeness (QED) is 0.508. The van der Waals surface area contributed by atoms with E-state index in [9.17, 15) is 14.9 Å². The van der Waals surface area contributed by atoms with E-state index < -0.39 is 0 Å². The predicted octanol–water partition coefficient (Wildman–Crippen LogP) is 1.98. The third kappa shape index (κ3) is 4.59. The van der Waals surface area contributed by atoms with Gasteiger partial charge in [-0.25, -0.2) is 4.79 Å². The number of nitrogens with one attached hydrogen (secondary N) is 1. The van der Waals surface area contributed by atoms with Gasteiger partial charge >= 0.3 is 5.97 Å². The molecule has 0 saturated carbocycles. The van der Waals surface area contributed by atoms with Gasteiger partial charge in [0.25, 0.3) is 5.91 Å². The minimum atomic E-state index is -0.381. The van der Waals surface area contributed by atoms with Crippen LogP contribution in [0.15, 0.2) is 36.0 Å². The summed E-state index contributed by atoms with van der Waals surface area (Å²) < 4.78 is 4.64. The van der Waals surface area contributed by atoms with Crippen LogP contribution in [0, 0.1) is 11.3 Å². The van der Waals surface area contributed by atoms with Gasteiger partial charge < -0.3 is 15.0 Å². The van der Waals surface area contributed by atoms with Crippen LogP contribution < -0.4 is 5.32 Å². The van der Waals surface area contributed by atoms with Gasteiger partial charge in [0, 0.05) is 25.8 Å². The second-order valence-electron chi connectivity index (χ2n) is 5.59. The fraction of sp³-hybridized carbons (Fsp3) is 0.389. The Morgan fingerprint density at radius 3 is 2.50 bits per heavy atom. The van der Waals surface area contributed by atoms with Crippen molar-refractivity contribution in [2.75, 3.05) is 20.2 Å². The monoisotopic (exact) mass is 327 g/mol. The molecule has 6 nitrogen and oxygen atoms in total. The Kier molecular flexibility index (Phi) is 6.38. The van der Waals surface area contributed by atoms with Gasteiger partial charge in [-0.05, 0) is 37.0 Å². The van der Waals surface area contributed by atoms with E-state index in [0.29, 0.717) is 25.2 Å². The van der Waals surface area contributed by atoms with E-state index in [-0.39, 0.29) is 17.4 Å². The summed E-state index contributed by atoms with van der Waals surface area (Å²) in [5, 5.41) is 12.2. The molecule has 0 bridgehead atoms. The number of likely N-dealkylation sites (tertiary alicyclic amines) is 1. The molecule has 0 atom stereocenters. The number of carbonyl (C=O) groups is 2. The molecule has 0 aliphatic carbocycles. The summed E-state index contributed by atoms with van der Waals surface area (Å²) >= 11 is 0. The summed E-state index contributed by atoms with van der Waals surface area (Å²) in [5.41, 5.74) is 1.53. The number of rotatable bonds is 5. The maximum Gasteiger partial charge on any atom is 0.337 e. The topological polar surface area (TPSA) is 82.4 Å². The van der Waals surface area contributed by atoms with E-state index >= 15 is 0 Å². The molecule has 1 aromatic carbocycles. The van der Waals surface area contributed by atoms with Crippen LogP contribution in [0.4, 0.5) is 0 Å². The number of amides is 1. The van der Waals surface area contributed by atoms with Crippen LogP contribution in [0.1, 0.15) is 35.2 Å². The molecule has 2 rings (SSSR count). The van der Waals surface area contributed by atoms with Gasteiger partial charge in [0.15, 0.2) is 0 Å². The average Bonchev–Trinajstić information content (AvgIpc) is 2.65. The van der Waals surface area contributed by atoms with Gasteiger partial charge in [0.05, 0.1) is 12.7 Å².